The first-order valence-corrected chi connectivity index (χ1v) is 18.0. The first-order valence-electron chi connectivity index (χ1n) is 18.0. The first kappa shape index (κ1) is 29.6. The maximum Gasteiger partial charge on any atom is 0.143 e. The van der Waals surface area contributed by atoms with Crippen molar-refractivity contribution in [1.29, 1.82) is 0 Å². The van der Waals surface area contributed by atoms with Gasteiger partial charge in [0.15, 0.2) is 0 Å². The van der Waals surface area contributed by atoms with E-state index in [9.17, 15) is 0 Å². The van der Waals surface area contributed by atoms with Crippen LogP contribution in [0.2, 0.25) is 0 Å². The summed E-state index contributed by atoms with van der Waals surface area (Å²) < 4.78 is 13.0. The molecule has 0 aliphatic heterocycles. The summed E-state index contributed by atoms with van der Waals surface area (Å²) in [6, 6.07) is 66.7. The molecular weight excluding hydrogens is 647 g/mol. The van der Waals surface area contributed by atoms with Crippen LogP contribution >= 0.6 is 0 Å². The van der Waals surface area contributed by atoms with Crippen LogP contribution in [0, 0.1) is 0 Å². The van der Waals surface area contributed by atoms with Gasteiger partial charge in [-0.15, -0.1) is 0 Å². The van der Waals surface area contributed by atoms with Crippen LogP contribution in [0.3, 0.4) is 0 Å². The molecule has 0 radical (unpaired) electrons. The van der Waals surface area contributed by atoms with Gasteiger partial charge in [0.2, 0.25) is 0 Å². The largest absolute Gasteiger partial charge is 0.456 e. The molecule has 0 bridgehead atoms. The number of hydrogen-bond donors (Lipinski definition) is 0. The highest BCUT2D eigenvalue weighted by Gasteiger charge is 2.19. The van der Waals surface area contributed by atoms with E-state index >= 15 is 0 Å². The summed E-state index contributed by atoms with van der Waals surface area (Å²) in [5, 5.41) is 9.25. The quantitative estimate of drug-likeness (QED) is 0.182. The Morgan fingerprint density at radius 3 is 1.87 bits per heavy atom. The average molecular weight is 678 g/mol. The van der Waals surface area contributed by atoms with E-state index < -0.39 is 0 Å². The molecule has 53 heavy (non-hydrogen) atoms. The molecular formula is C50H31NO2. The zero-order valence-electron chi connectivity index (χ0n) is 28.7. The molecule has 0 spiro atoms. The fourth-order valence-corrected chi connectivity index (χ4v) is 8.15. The molecule has 2 aromatic heterocycles. The summed E-state index contributed by atoms with van der Waals surface area (Å²) in [6.45, 7) is 0. The molecule has 248 valence electrons. The van der Waals surface area contributed by atoms with Crippen molar-refractivity contribution < 1.29 is 8.83 Å². The lowest BCUT2D eigenvalue weighted by Crippen LogP contribution is -2.09. The fourth-order valence-electron chi connectivity index (χ4n) is 8.15. The zero-order valence-corrected chi connectivity index (χ0v) is 28.7. The van der Waals surface area contributed by atoms with Crippen molar-refractivity contribution in [2.75, 3.05) is 4.90 Å². The monoisotopic (exact) mass is 677 g/mol. The van der Waals surface area contributed by atoms with Gasteiger partial charge in [0.25, 0.3) is 0 Å². The van der Waals surface area contributed by atoms with Crippen LogP contribution in [-0.4, -0.2) is 0 Å². The summed E-state index contributed by atoms with van der Waals surface area (Å²) in [7, 11) is 0. The molecule has 0 fully saturated rings. The van der Waals surface area contributed by atoms with E-state index in [1.807, 2.05) is 18.2 Å². The number of anilines is 3. The minimum absolute atomic E-state index is 0.856. The molecule has 0 saturated carbocycles. The first-order chi connectivity index (χ1) is 26.3. The average Bonchev–Trinajstić information content (AvgIpc) is 3.79. The van der Waals surface area contributed by atoms with Gasteiger partial charge in [-0.2, -0.15) is 0 Å². The van der Waals surface area contributed by atoms with E-state index in [1.165, 1.54) is 27.3 Å². The highest BCUT2D eigenvalue weighted by Crippen LogP contribution is 2.44. The van der Waals surface area contributed by atoms with Gasteiger partial charge in [-0.25, -0.2) is 0 Å². The Kier molecular flexibility index (Phi) is 6.55. The molecule has 0 unspecified atom stereocenters. The molecule has 3 heteroatoms. The molecule has 0 aliphatic rings. The molecule has 3 nitrogen and oxygen atoms in total. The number of para-hydroxylation sites is 2. The fraction of sp³-hybridized carbons (Fsp3) is 0. The van der Waals surface area contributed by atoms with E-state index in [0.717, 1.165) is 77.5 Å². The number of hydrogen-bond acceptors (Lipinski definition) is 3. The highest BCUT2D eigenvalue weighted by atomic mass is 16.3. The number of benzene rings is 9. The van der Waals surface area contributed by atoms with Gasteiger partial charge in [0, 0.05) is 50.1 Å². The Bertz CT molecular complexity index is 3170. The van der Waals surface area contributed by atoms with Crippen LogP contribution in [0.1, 0.15) is 0 Å². The van der Waals surface area contributed by atoms with Gasteiger partial charge in [0.1, 0.15) is 22.3 Å². The normalized spacial score (nSPS) is 11.8. The Hall–Kier alpha value is -7.10. The molecule has 0 saturated heterocycles. The summed E-state index contributed by atoms with van der Waals surface area (Å²) in [4.78, 5) is 2.29. The second kappa shape index (κ2) is 11.7. The van der Waals surface area contributed by atoms with Gasteiger partial charge < -0.3 is 13.7 Å². The topological polar surface area (TPSA) is 29.5 Å². The zero-order chi connectivity index (χ0) is 34.9. The number of rotatable bonds is 5. The van der Waals surface area contributed by atoms with Gasteiger partial charge >= 0.3 is 0 Å². The van der Waals surface area contributed by atoms with Crippen LogP contribution < -0.4 is 4.90 Å². The van der Waals surface area contributed by atoms with Crippen LogP contribution in [0.4, 0.5) is 17.1 Å². The molecule has 2 heterocycles. The maximum absolute atomic E-state index is 6.80. The Balaban J connectivity index is 1.05. The molecule has 0 amide bonds. The third kappa shape index (κ3) is 4.75. The number of nitrogens with zero attached hydrogens (tertiary/aromatic N) is 1. The molecule has 11 rings (SSSR count). The van der Waals surface area contributed by atoms with Crippen LogP contribution in [0.5, 0.6) is 0 Å². The summed E-state index contributed by atoms with van der Waals surface area (Å²) in [5.74, 6) is 0. The van der Waals surface area contributed by atoms with Crippen LogP contribution in [0.25, 0.3) is 87.7 Å². The summed E-state index contributed by atoms with van der Waals surface area (Å²) in [5.41, 5.74) is 11.4. The lowest BCUT2D eigenvalue weighted by Gasteiger charge is -2.25. The second-order valence-corrected chi connectivity index (χ2v) is 13.7. The SMILES string of the molecule is c1ccc(N(c2ccc(-c3cccc4oc5ccccc5c34)cc2)c2ccc3c(c2)oc2c4ccccc4c(-c4ccc5ccccc5c4)cc32)cc1. The maximum atomic E-state index is 6.80. The molecule has 0 atom stereocenters. The molecule has 11 aromatic rings. The van der Waals surface area contributed by atoms with E-state index in [0.29, 0.717) is 0 Å². The minimum atomic E-state index is 0.856. The Morgan fingerprint density at radius 2 is 1.00 bits per heavy atom. The van der Waals surface area contributed by atoms with E-state index in [2.05, 4.69) is 175 Å². The Labute approximate surface area is 305 Å². The third-order valence-corrected chi connectivity index (χ3v) is 10.6. The number of furan rings is 2. The minimum Gasteiger partial charge on any atom is -0.456 e. The van der Waals surface area contributed by atoms with Crippen molar-refractivity contribution in [3.05, 3.63) is 188 Å². The predicted molar refractivity (Wildman–Crippen MR) is 222 cm³/mol. The highest BCUT2D eigenvalue weighted by molar-refractivity contribution is 6.20. The van der Waals surface area contributed by atoms with Gasteiger partial charge in [-0.1, -0.05) is 121 Å². The molecule has 0 aliphatic carbocycles. The van der Waals surface area contributed by atoms with E-state index in [1.54, 1.807) is 0 Å². The summed E-state index contributed by atoms with van der Waals surface area (Å²) in [6.07, 6.45) is 0. The second-order valence-electron chi connectivity index (χ2n) is 13.7. The lowest BCUT2D eigenvalue weighted by atomic mass is 9.94. The van der Waals surface area contributed by atoms with E-state index in [-0.39, 0.29) is 0 Å². The standard InChI is InChI=1S/C50H31NO2/c1-2-13-36(14-3-1)51(37-25-23-33(24-26-37)39-18-10-20-47-49(39)43-17-8-9-19-46(43)52-47)38-27-28-41-45-31-44(35-22-21-32-11-4-5-12-34(32)29-35)40-15-6-7-16-42(40)50(45)53-48(41)30-38/h1-31H. The van der Waals surface area contributed by atoms with Crippen LogP contribution in [-0.2, 0) is 0 Å². The van der Waals surface area contributed by atoms with Crippen molar-refractivity contribution in [2.24, 2.45) is 0 Å². The smallest absolute Gasteiger partial charge is 0.143 e. The van der Waals surface area contributed by atoms with Crippen molar-refractivity contribution in [2.45, 2.75) is 0 Å². The van der Waals surface area contributed by atoms with Gasteiger partial charge in [-0.3, -0.25) is 0 Å². The van der Waals surface area contributed by atoms with Gasteiger partial charge in [0.05, 0.1) is 0 Å². The van der Waals surface area contributed by atoms with Crippen LogP contribution in [0.15, 0.2) is 197 Å². The summed E-state index contributed by atoms with van der Waals surface area (Å²) >= 11 is 0. The lowest BCUT2D eigenvalue weighted by molar-refractivity contribution is 0.669. The van der Waals surface area contributed by atoms with Crippen molar-refractivity contribution >= 4 is 82.5 Å². The van der Waals surface area contributed by atoms with Crippen molar-refractivity contribution in [3.8, 4) is 22.3 Å². The molecule has 9 aromatic carbocycles. The predicted octanol–water partition coefficient (Wildman–Crippen LogP) is 14.6. The molecule has 0 N–H and O–H groups in total. The van der Waals surface area contributed by atoms with Crippen molar-refractivity contribution in [3.63, 3.8) is 0 Å². The Morgan fingerprint density at radius 1 is 0.321 bits per heavy atom. The number of fused-ring (bicyclic) bond motifs is 9. The third-order valence-electron chi connectivity index (χ3n) is 10.6. The van der Waals surface area contributed by atoms with Gasteiger partial charge in [-0.05, 0) is 99.1 Å². The van der Waals surface area contributed by atoms with Crippen molar-refractivity contribution in [1.82, 2.24) is 0 Å². The van der Waals surface area contributed by atoms with E-state index in [4.69, 9.17) is 8.83 Å².